The summed E-state index contributed by atoms with van der Waals surface area (Å²) < 4.78 is 0. The van der Waals surface area contributed by atoms with Gasteiger partial charge in [-0.25, -0.2) is 15.0 Å². The van der Waals surface area contributed by atoms with E-state index >= 15 is 0 Å². The fourth-order valence-electron chi connectivity index (χ4n) is 1.19. The monoisotopic (exact) mass is 209 g/mol. The minimum absolute atomic E-state index is 0.709. The molecular formula is C8H11N5S. The number of thioether (sulfide) groups is 1. The molecule has 0 saturated carbocycles. The molecule has 0 unspecified atom stereocenters. The maximum atomic E-state index is 4.35. The van der Waals surface area contributed by atoms with Crippen molar-refractivity contribution >= 4 is 28.7 Å². The third kappa shape index (κ3) is 1.52. The van der Waals surface area contributed by atoms with Crippen molar-refractivity contribution in [1.82, 2.24) is 19.9 Å². The van der Waals surface area contributed by atoms with Gasteiger partial charge in [-0.05, 0) is 5.75 Å². The molecule has 0 aliphatic heterocycles. The van der Waals surface area contributed by atoms with Crippen molar-refractivity contribution in [3.05, 3.63) is 6.33 Å². The number of hydrogen-bond donors (Lipinski definition) is 2. The van der Waals surface area contributed by atoms with Crippen LogP contribution in [0.3, 0.4) is 0 Å². The summed E-state index contributed by atoms with van der Waals surface area (Å²) in [6.45, 7) is 2.07. The second-order valence-corrected chi connectivity index (χ2v) is 3.87. The number of aromatic nitrogens is 4. The molecule has 0 bridgehead atoms. The SMILES string of the molecule is CCSc1nc(NC)c2[nH]cnc2n1. The number of H-pyrrole nitrogens is 1. The summed E-state index contributed by atoms with van der Waals surface area (Å²) in [6.07, 6.45) is 1.63. The molecule has 5 nitrogen and oxygen atoms in total. The second kappa shape index (κ2) is 3.83. The quantitative estimate of drug-likeness (QED) is 0.592. The van der Waals surface area contributed by atoms with E-state index in [1.807, 2.05) is 7.05 Å². The van der Waals surface area contributed by atoms with Crippen LogP contribution in [0.2, 0.25) is 0 Å². The van der Waals surface area contributed by atoms with Crippen molar-refractivity contribution in [3.8, 4) is 0 Å². The van der Waals surface area contributed by atoms with Crippen LogP contribution in [0.25, 0.3) is 11.2 Å². The molecule has 0 aromatic carbocycles. The molecule has 6 heteroatoms. The minimum atomic E-state index is 0.709. The zero-order chi connectivity index (χ0) is 9.97. The molecule has 0 amide bonds. The van der Waals surface area contributed by atoms with E-state index in [9.17, 15) is 0 Å². The number of rotatable bonds is 3. The molecule has 74 valence electrons. The smallest absolute Gasteiger partial charge is 0.191 e. The number of anilines is 1. The predicted molar refractivity (Wildman–Crippen MR) is 57.6 cm³/mol. The molecule has 0 saturated heterocycles. The zero-order valence-electron chi connectivity index (χ0n) is 8.03. The van der Waals surface area contributed by atoms with Crippen LogP contribution in [0.15, 0.2) is 11.5 Å². The summed E-state index contributed by atoms with van der Waals surface area (Å²) >= 11 is 1.61. The summed E-state index contributed by atoms with van der Waals surface area (Å²) in [4.78, 5) is 15.8. The van der Waals surface area contributed by atoms with E-state index in [1.54, 1.807) is 18.1 Å². The second-order valence-electron chi connectivity index (χ2n) is 2.64. The average molecular weight is 209 g/mol. The van der Waals surface area contributed by atoms with Crippen LogP contribution < -0.4 is 5.32 Å². The number of nitrogens with zero attached hydrogens (tertiary/aromatic N) is 3. The standard InChI is InChI=1S/C8H11N5S/c1-3-14-8-12-6(9-2)5-7(13-8)11-4-10-5/h4H,3H2,1-2H3,(H2,9,10,11,12,13). The van der Waals surface area contributed by atoms with Crippen LogP contribution in [0.5, 0.6) is 0 Å². The Balaban J connectivity index is 2.55. The van der Waals surface area contributed by atoms with Crippen molar-refractivity contribution in [2.45, 2.75) is 12.1 Å². The fraction of sp³-hybridized carbons (Fsp3) is 0.375. The Labute approximate surface area is 85.7 Å². The van der Waals surface area contributed by atoms with Gasteiger partial charge in [-0.1, -0.05) is 18.7 Å². The maximum absolute atomic E-state index is 4.35. The zero-order valence-corrected chi connectivity index (χ0v) is 8.85. The van der Waals surface area contributed by atoms with E-state index in [0.29, 0.717) is 5.65 Å². The van der Waals surface area contributed by atoms with E-state index in [4.69, 9.17) is 0 Å². The van der Waals surface area contributed by atoms with E-state index < -0.39 is 0 Å². The summed E-state index contributed by atoms with van der Waals surface area (Å²) in [5.74, 6) is 1.75. The van der Waals surface area contributed by atoms with Gasteiger partial charge in [0.1, 0.15) is 5.52 Å². The number of hydrogen-bond acceptors (Lipinski definition) is 5. The van der Waals surface area contributed by atoms with Gasteiger partial charge in [-0.15, -0.1) is 0 Å². The molecule has 2 heterocycles. The van der Waals surface area contributed by atoms with Gasteiger partial charge in [-0.2, -0.15) is 0 Å². The minimum Gasteiger partial charge on any atom is -0.371 e. The first kappa shape index (κ1) is 9.26. The normalized spacial score (nSPS) is 10.7. The maximum Gasteiger partial charge on any atom is 0.191 e. The third-order valence-electron chi connectivity index (χ3n) is 1.78. The van der Waals surface area contributed by atoms with Crippen molar-refractivity contribution in [3.63, 3.8) is 0 Å². The molecule has 2 aromatic heterocycles. The lowest BCUT2D eigenvalue weighted by atomic mass is 10.5. The Kier molecular flexibility index (Phi) is 2.53. The van der Waals surface area contributed by atoms with Gasteiger partial charge in [-0.3, -0.25) is 0 Å². The lowest BCUT2D eigenvalue weighted by Crippen LogP contribution is -1.97. The van der Waals surface area contributed by atoms with Crippen LogP contribution >= 0.6 is 11.8 Å². The first-order chi connectivity index (χ1) is 6.85. The van der Waals surface area contributed by atoms with Gasteiger partial charge in [0.05, 0.1) is 6.33 Å². The largest absolute Gasteiger partial charge is 0.371 e. The molecule has 2 rings (SSSR count). The van der Waals surface area contributed by atoms with Crippen molar-refractivity contribution in [2.75, 3.05) is 18.1 Å². The number of aromatic amines is 1. The highest BCUT2D eigenvalue weighted by Gasteiger charge is 2.07. The van der Waals surface area contributed by atoms with Crippen LogP contribution in [0, 0.1) is 0 Å². The Morgan fingerprint density at radius 2 is 2.36 bits per heavy atom. The summed E-state index contributed by atoms with van der Waals surface area (Å²) in [6, 6.07) is 0. The molecule has 0 atom stereocenters. The van der Waals surface area contributed by atoms with Gasteiger partial charge < -0.3 is 10.3 Å². The lowest BCUT2D eigenvalue weighted by molar-refractivity contribution is 0.995. The fourth-order valence-corrected chi connectivity index (χ4v) is 1.75. The Morgan fingerprint density at radius 1 is 1.50 bits per heavy atom. The van der Waals surface area contributed by atoms with Gasteiger partial charge in [0.2, 0.25) is 0 Å². The summed E-state index contributed by atoms with van der Waals surface area (Å²) in [5, 5.41) is 3.78. The average Bonchev–Trinajstić information content (AvgIpc) is 2.65. The Bertz CT molecular complexity index is 438. The van der Waals surface area contributed by atoms with Crippen LogP contribution in [0.1, 0.15) is 6.92 Å². The number of nitrogens with one attached hydrogen (secondary N) is 2. The van der Waals surface area contributed by atoms with E-state index in [-0.39, 0.29) is 0 Å². The molecule has 0 radical (unpaired) electrons. The van der Waals surface area contributed by atoms with Gasteiger partial charge in [0.15, 0.2) is 16.6 Å². The highest BCUT2D eigenvalue weighted by molar-refractivity contribution is 7.99. The van der Waals surface area contributed by atoms with Gasteiger partial charge in [0, 0.05) is 7.05 Å². The lowest BCUT2D eigenvalue weighted by Gasteiger charge is -2.02. The number of imidazole rings is 1. The van der Waals surface area contributed by atoms with Crippen LogP contribution in [-0.4, -0.2) is 32.7 Å². The highest BCUT2D eigenvalue weighted by atomic mass is 32.2. The molecular weight excluding hydrogens is 198 g/mol. The topological polar surface area (TPSA) is 66.5 Å². The molecule has 0 aliphatic rings. The van der Waals surface area contributed by atoms with Crippen LogP contribution in [0.4, 0.5) is 5.82 Å². The summed E-state index contributed by atoms with van der Waals surface area (Å²) in [7, 11) is 1.84. The van der Waals surface area contributed by atoms with Gasteiger partial charge >= 0.3 is 0 Å². The van der Waals surface area contributed by atoms with Crippen LogP contribution in [-0.2, 0) is 0 Å². The van der Waals surface area contributed by atoms with Crippen molar-refractivity contribution < 1.29 is 0 Å². The molecule has 2 aromatic rings. The van der Waals surface area contributed by atoms with E-state index in [0.717, 1.165) is 22.2 Å². The molecule has 0 fully saturated rings. The third-order valence-corrected chi connectivity index (χ3v) is 2.50. The highest BCUT2D eigenvalue weighted by Crippen LogP contribution is 2.20. The van der Waals surface area contributed by atoms with Gasteiger partial charge in [0.25, 0.3) is 0 Å². The summed E-state index contributed by atoms with van der Waals surface area (Å²) in [5.41, 5.74) is 1.56. The number of fused-ring (bicyclic) bond motifs is 1. The molecule has 0 aliphatic carbocycles. The molecule has 0 spiro atoms. The first-order valence-electron chi connectivity index (χ1n) is 4.36. The Hall–Kier alpha value is -1.30. The van der Waals surface area contributed by atoms with E-state index in [1.165, 1.54) is 0 Å². The predicted octanol–water partition coefficient (Wildman–Crippen LogP) is 1.51. The van der Waals surface area contributed by atoms with Crippen molar-refractivity contribution in [1.29, 1.82) is 0 Å². The molecule has 2 N–H and O–H groups in total. The Morgan fingerprint density at radius 3 is 3.07 bits per heavy atom. The van der Waals surface area contributed by atoms with E-state index in [2.05, 4.69) is 32.2 Å². The van der Waals surface area contributed by atoms with Crippen molar-refractivity contribution in [2.24, 2.45) is 0 Å². The molecule has 14 heavy (non-hydrogen) atoms. The first-order valence-corrected chi connectivity index (χ1v) is 5.35.